The molecule has 0 aromatic heterocycles. The van der Waals surface area contributed by atoms with Crippen molar-refractivity contribution in [1.82, 2.24) is 0 Å². The molecule has 14 heavy (non-hydrogen) atoms. The van der Waals surface area contributed by atoms with E-state index in [0.29, 0.717) is 0 Å². The van der Waals surface area contributed by atoms with Crippen LogP contribution < -0.4 is 0 Å². The van der Waals surface area contributed by atoms with E-state index in [1.165, 1.54) is 0 Å². The van der Waals surface area contributed by atoms with Crippen molar-refractivity contribution in [2.75, 3.05) is 5.33 Å². The second-order valence-corrected chi connectivity index (χ2v) is 3.94. The molecule has 0 fully saturated rings. The summed E-state index contributed by atoms with van der Waals surface area (Å²) in [7, 11) is 0. The van der Waals surface area contributed by atoms with Crippen LogP contribution in [0.1, 0.15) is 0 Å². The molecule has 8 heteroatoms. The Hall–Kier alpha value is 0.150. The molecule has 0 aliphatic carbocycles. The van der Waals surface area contributed by atoms with Crippen molar-refractivity contribution in [3.8, 4) is 0 Å². The zero-order chi connectivity index (χ0) is 11.3. The van der Waals surface area contributed by atoms with Crippen LogP contribution in [0.5, 0.6) is 0 Å². The van der Waals surface area contributed by atoms with Crippen molar-refractivity contribution in [2.45, 2.75) is 23.8 Å². The molecule has 0 heterocycles. The van der Waals surface area contributed by atoms with Gasteiger partial charge in [-0.1, -0.05) is 31.9 Å². The molecule has 0 aliphatic heterocycles. The van der Waals surface area contributed by atoms with Gasteiger partial charge in [0.05, 0.1) is 0 Å². The summed E-state index contributed by atoms with van der Waals surface area (Å²) in [6.45, 7) is 0. The molecule has 0 radical (unpaired) electrons. The van der Waals surface area contributed by atoms with Crippen molar-refractivity contribution in [3.05, 3.63) is 0 Å². The van der Waals surface area contributed by atoms with Crippen molar-refractivity contribution >= 4 is 37.8 Å². The number of alkyl halides is 6. The summed E-state index contributed by atoms with van der Waals surface area (Å²) in [5.74, 6) is -1.14. The number of esters is 1. The second kappa shape index (κ2) is 6.60. The lowest BCUT2D eigenvalue weighted by Gasteiger charge is -2.14. The first-order valence-electron chi connectivity index (χ1n) is 3.37. The fraction of sp³-hybridized carbons (Fsp3) is 0.833. The number of ether oxygens (including phenoxy) is 1. The van der Waals surface area contributed by atoms with Gasteiger partial charge in [0, 0.05) is 5.33 Å². The molecule has 0 spiro atoms. The highest BCUT2D eigenvalue weighted by Crippen LogP contribution is 2.16. The third kappa shape index (κ3) is 4.59. The number of carbonyl (C=O) groups is 1. The fourth-order valence-electron chi connectivity index (χ4n) is 0.427. The predicted octanol–water partition coefficient (Wildman–Crippen LogP) is 2.59. The van der Waals surface area contributed by atoms with Crippen molar-refractivity contribution in [1.29, 1.82) is 0 Å². The molecule has 84 valence electrons. The lowest BCUT2D eigenvalue weighted by Crippen LogP contribution is -2.32. The highest BCUT2D eigenvalue weighted by Gasteiger charge is 2.33. The standard InChI is InChI=1S/C6H6Br2F4O2/c7-1-2(8)6(13)14-5(12)3(9)4(10)11/h2-5H,1H2. The summed E-state index contributed by atoms with van der Waals surface area (Å²) >= 11 is 5.62. The molecule has 0 saturated carbocycles. The molecule has 0 amide bonds. The SMILES string of the molecule is O=C(OC(F)C(F)C(F)F)C(Br)CBr. The van der Waals surface area contributed by atoms with Crippen LogP contribution in [0.2, 0.25) is 0 Å². The van der Waals surface area contributed by atoms with Gasteiger partial charge in [0.15, 0.2) is 0 Å². The van der Waals surface area contributed by atoms with Crippen LogP contribution in [-0.4, -0.2) is 35.1 Å². The lowest BCUT2D eigenvalue weighted by atomic mass is 10.4. The summed E-state index contributed by atoms with van der Waals surface area (Å²) in [5, 5.41) is 0.101. The van der Waals surface area contributed by atoms with Gasteiger partial charge < -0.3 is 4.74 Å². The molecule has 0 aromatic carbocycles. The van der Waals surface area contributed by atoms with Gasteiger partial charge in [0.2, 0.25) is 6.17 Å². The first-order valence-corrected chi connectivity index (χ1v) is 5.40. The lowest BCUT2D eigenvalue weighted by molar-refractivity contribution is -0.170. The average molecular weight is 346 g/mol. The fourth-order valence-corrected chi connectivity index (χ4v) is 0.799. The second-order valence-electron chi connectivity index (χ2n) is 2.19. The van der Waals surface area contributed by atoms with Crippen LogP contribution in [0.25, 0.3) is 0 Å². The third-order valence-corrected chi connectivity index (χ3v) is 3.32. The maximum absolute atomic E-state index is 12.5. The van der Waals surface area contributed by atoms with Gasteiger partial charge in [-0.25, -0.2) is 13.2 Å². The van der Waals surface area contributed by atoms with Gasteiger partial charge in [-0.05, 0) is 0 Å². The normalized spacial score (nSPS) is 17.6. The highest BCUT2D eigenvalue weighted by molar-refractivity contribution is 9.12. The van der Waals surface area contributed by atoms with Gasteiger partial charge in [0.25, 0.3) is 12.8 Å². The Morgan fingerprint density at radius 2 is 1.79 bits per heavy atom. The molecule has 2 nitrogen and oxygen atoms in total. The van der Waals surface area contributed by atoms with Crippen LogP contribution in [0, 0.1) is 0 Å². The quantitative estimate of drug-likeness (QED) is 0.435. The summed E-state index contributed by atoms with van der Waals surface area (Å²) < 4.78 is 51.6. The minimum Gasteiger partial charge on any atom is -0.427 e. The number of carbonyl (C=O) groups excluding carboxylic acids is 1. The van der Waals surface area contributed by atoms with Gasteiger partial charge >= 0.3 is 5.97 Å². The zero-order valence-electron chi connectivity index (χ0n) is 6.60. The number of hydrogen-bond donors (Lipinski definition) is 0. The van der Waals surface area contributed by atoms with Gasteiger partial charge in [-0.15, -0.1) is 0 Å². The van der Waals surface area contributed by atoms with Crippen molar-refractivity contribution < 1.29 is 27.1 Å². The van der Waals surface area contributed by atoms with E-state index in [4.69, 9.17) is 0 Å². The minimum atomic E-state index is -3.52. The molecule has 0 rings (SSSR count). The van der Waals surface area contributed by atoms with Gasteiger partial charge in [0.1, 0.15) is 4.83 Å². The smallest absolute Gasteiger partial charge is 0.323 e. The van der Waals surface area contributed by atoms with Crippen molar-refractivity contribution in [2.24, 2.45) is 0 Å². The summed E-state index contributed by atoms with van der Waals surface area (Å²) in [5.41, 5.74) is 0. The molecule has 0 saturated heterocycles. The molecule has 3 atom stereocenters. The number of hydrogen-bond acceptors (Lipinski definition) is 2. The minimum absolute atomic E-state index is 0.101. The molecular formula is C6H6Br2F4O2. The molecule has 0 N–H and O–H groups in total. The Bertz CT molecular complexity index is 193. The van der Waals surface area contributed by atoms with Crippen LogP contribution in [0.3, 0.4) is 0 Å². The van der Waals surface area contributed by atoms with E-state index in [9.17, 15) is 22.4 Å². The maximum Gasteiger partial charge on any atom is 0.323 e. The molecule has 0 bridgehead atoms. The van der Waals surface area contributed by atoms with E-state index in [2.05, 4.69) is 36.6 Å². The van der Waals surface area contributed by atoms with E-state index in [0.717, 1.165) is 0 Å². The molecular weight excluding hydrogens is 340 g/mol. The average Bonchev–Trinajstić information content (AvgIpc) is 2.14. The van der Waals surface area contributed by atoms with Crippen LogP contribution in [0.15, 0.2) is 0 Å². The van der Waals surface area contributed by atoms with E-state index in [1.54, 1.807) is 0 Å². The first kappa shape index (κ1) is 14.2. The van der Waals surface area contributed by atoms with Crippen LogP contribution in [0.4, 0.5) is 17.6 Å². The predicted molar refractivity (Wildman–Crippen MR) is 48.4 cm³/mol. The van der Waals surface area contributed by atoms with Crippen LogP contribution in [-0.2, 0) is 9.53 Å². The van der Waals surface area contributed by atoms with Gasteiger partial charge in [-0.2, -0.15) is 4.39 Å². The number of halogens is 6. The zero-order valence-corrected chi connectivity index (χ0v) is 9.77. The topological polar surface area (TPSA) is 26.3 Å². The third-order valence-electron chi connectivity index (χ3n) is 1.11. The monoisotopic (exact) mass is 344 g/mol. The van der Waals surface area contributed by atoms with E-state index < -0.39 is 29.8 Å². The molecule has 0 aromatic rings. The maximum atomic E-state index is 12.5. The van der Waals surface area contributed by atoms with Crippen LogP contribution >= 0.6 is 31.9 Å². The Balaban J connectivity index is 4.05. The van der Waals surface area contributed by atoms with Gasteiger partial charge in [-0.3, -0.25) is 4.79 Å². The summed E-state index contributed by atoms with van der Waals surface area (Å²) in [6, 6.07) is 0. The largest absolute Gasteiger partial charge is 0.427 e. The Morgan fingerprint density at radius 3 is 2.14 bits per heavy atom. The Kier molecular flexibility index (Phi) is 6.67. The van der Waals surface area contributed by atoms with E-state index >= 15 is 0 Å². The molecule has 3 unspecified atom stereocenters. The number of rotatable bonds is 5. The van der Waals surface area contributed by atoms with E-state index in [-0.39, 0.29) is 5.33 Å². The Morgan fingerprint density at radius 1 is 1.29 bits per heavy atom. The summed E-state index contributed by atoms with van der Waals surface area (Å²) in [4.78, 5) is 9.86. The van der Waals surface area contributed by atoms with E-state index in [1.807, 2.05) is 0 Å². The first-order chi connectivity index (χ1) is 6.40. The highest BCUT2D eigenvalue weighted by atomic mass is 79.9. The molecule has 0 aliphatic rings. The van der Waals surface area contributed by atoms with Crippen molar-refractivity contribution in [3.63, 3.8) is 0 Å². The summed E-state index contributed by atoms with van der Waals surface area (Å²) in [6.07, 6.45) is -9.58. The Labute approximate surface area is 94.2 Å².